The van der Waals surface area contributed by atoms with Gasteiger partial charge in [0, 0.05) is 5.92 Å². The van der Waals surface area contributed by atoms with Crippen molar-refractivity contribution in [3.63, 3.8) is 0 Å². The highest BCUT2D eigenvalue weighted by Gasteiger charge is 2.28. The molecule has 0 aromatic carbocycles. The normalized spacial score (nSPS) is 15.8. The molecule has 1 aliphatic carbocycles. The van der Waals surface area contributed by atoms with Gasteiger partial charge in [-0.25, -0.2) is 0 Å². The van der Waals surface area contributed by atoms with Crippen molar-refractivity contribution in [2.24, 2.45) is 0 Å². The Labute approximate surface area is 80.0 Å². The van der Waals surface area contributed by atoms with Gasteiger partial charge in [0.1, 0.15) is 0 Å². The molecule has 1 aromatic rings. The van der Waals surface area contributed by atoms with Crippen LogP contribution in [-0.2, 0) is 0 Å². The van der Waals surface area contributed by atoms with Crippen molar-refractivity contribution in [3.05, 3.63) is 20.8 Å². The molecule has 1 aromatic heterocycles. The number of rotatable bonds is 2. The largest absolute Gasteiger partial charge is 0.490 e. The zero-order valence-corrected chi connectivity index (χ0v) is 8.03. The van der Waals surface area contributed by atoms with E-state index in [0.717, 1.165) is 18.5 Å². The van der Waals surface area contributed by atoms with Crippen molar-refractivity contribution < 1.29 is 4.74 Å². The highest BCUT2D eigenvalue weighted by atomic mass is 32.1. The molecule has 70 valence electrons. The number of aromatic amines is 2. The fourth-order valence-electron chi connectivity index (χ4n) is 1.35. The molecule has 4 nitrogen and oxygen atoms in total. The molecule has 0 spiro atoms. The zero-order chi connectivity index (χ0) is 9.42. The van der Waals surface area contributed by atoms with E-state index in [1.54, 1.807) is 0 Å². The third-order valence-electron chi connectivity index (χ3n) is 2.12. The fraction of sp³-hybridized carbons (Fsp3) is 0.500. The maximum Gasteiger partial charge on any atom is 0.294 e. The molecule has 0 aliphatic heterocycles. The first-order chi connectivity index (χ1) is 6.22. The summed E-state index contributed by atoms with van der Waals surface area (Å²) in [7, 11) is 1.49. The Bertz CT molecular complexity index is 431. The third kappa shape index (κ3) is 1.51. The van der Waals surface area contributed by atoms with E-state index >= 15 is 0 Å². The Kier molecular flexibility index (Phi) is 1.95. The van der Waals surface area contributed by atoms with Crippen molar-refractivity contribution in [1.29, 1.82) is 0 Å². The molecule has 0 atom stereocenters. The summed E-state index contributed by atoms with van der Waals surface area (Å²) in [6, 6.07) is 0. The topological polar surface area (TPSA) is 57.9 Å². The number of hydrogen-bond acceptors (Lipinski definition) is 3. The van der Waals surface area contributed by atoms with Gasteiger partial charge >= 0.3 is 0 Å². The van der Waals surface area contributed by atoms with Gasteiger partial charge in [-0.05, 0) is 25.1 Å². The lowest BCUT2D eigenvalue weighted by Gasteiger charge is -2.04. The van der Waals surface area contributed by atoms with Crippen LogP contribution in [0.4, 0.5) is 0 Å². The van der Waals surface area contributed by atoms with Crippen LogP contribution in [-0.4, -0.2) is 17.1 Å². The fourth-order valence-corrected chi connectivity index (χ4v) is 1.56. The molecule has 1 aliphatic rings. The van der Waals surface area contributed by atoms with E-state index < -0.39 is 0 Å². The molecule has 0 radical (unpaired) electrons. The van der Waals surface area contributed by atoms with E-state index in [9.17, 15) is 4.79 Å². The van der Waals surface area contributed by atoms with Crippen LogP contribution in [0.5, 0.6) is 5.75 Å². The second kappa shape index (κ2) is 2.99. The smallest absolute Gasteiger partial charge is 0.294 e. The van der Waals surface area contributed by atoms with Crippen molar-refractivity contribution >= 4 is 12.2 Å². The SMILES string of the molecule is COc1c(C2CC2)[nH]c(=S)[nH]c1=O. The van der Waals surface area contributed by atoms with E-state index in [2.05, 4.69) is 9.97 Å². The van der Waals surface area contributed by atoms with Gasteiger partial charge in [0.2, 0.25) is 5.75 Å². The van der Waals surface area contributed by atoms with Gasteiger partial charge < -0.3 is 9.72 Å². The Morgan fingerprint density at radius 1 is 1.46 bits per heavy atom. The molecule has 2 rings (SSSR count). The quantitative estimate of drug-likeness (QED) is 0.704. The summed E-state index contributed by atoms with van der Waals surface area (Å²) in [5, 5.41) is 0. The van der Waals surface area contributed by atoms with Crippen LogP contribution in [0.2, 0.25) is 0 Å². The number of nitrogens with one attached hydrogen (secondary N) is 2. The van der Waals surface area contributed by atoms with Gasteiger partial charge in [-0.1, -0.05) is 0 Å². The van der Waals surface area contributed by atoms with Crippen molar-refractivity contribution in [2.45, 2.75) is 18.8 Å². The molecule has 13 heavy (non-hydrogen) atoms. The molecular weight excluding hydrogens is 188 g/mol. The van der Waals surface area contributed by atoms with Gasteiger partial charge in [0.25, 0.3) is 5.56 Å². The van der Waals surface area contributed by atoms with Crippen LogP contribution in [0.1, 0.15) is 24.5 Å². The average Bonchev–Trinajstić information content (AvgIpc) is 2.85. The van der Waals surface area contributed by atoms with Gasteiger partial charge in [-0.3, -0.25) is 9.78 Å². The van der Waals surface area contributed by atoms with E-state index in [1.165, 1.54) is 7.11 Å². The molecule has 5 heteroatoms. The molecule has 0 unspecified atom stereocenters. The molecule has 1 heterocycles. The van der Waals surface area contributed by atoms with E-state index in [4.69, 9.17) is 17.0 Å². The highest BCUT2D eigenvalue weighted by Crippen LogP contribution is 2.41. The minimum Gasteiger partial charge on any atom is -0.490 e. The first kappa shape index (κ1) is 8.50. The summed E-state index contributed by atoms with van der Waals surface area (Å²) in [6.45, 7) is 0. The first-order valence-corrected chi connectivity index (χ1v) is 4.53. The first-order valence-electron chi connectivity index (χ1n) is 4.13. The molecule has 0 bridgehead atoms. The van der Waals surface area contributed by atoms with Crippen molar-refractivity contribution in [2.75, 3.05) is 7.11 Å². The lowest BCUT2D eigenvalue weighted by atomic mass is 10.2. The number of H-pyrrole nitrogens is 2. The van der Waals surface area contributed by atoms with Crippen LogP contribution in [0.25, 0.3) is 0 Å². The Morgan fingerprint density at radius 2 is 2.15 bits per heavy atom. The molecule has 1 fully saturated rings. The minimum atomic E-state index is -0.242. The highest BCUT2D eigenvalue weighted by molar-refractivity contribution is 7.71. The van der Waals surface area contributed by atoms with Gasteiger partial charge in [-0.15, -0.1) is 0 Å². The van der Waals surface area contributed by atoms with E-state index in [1.807, 2.05) is 0 Å². The van der Waals surface area contributed by atoms with Crippen molar-refractivity contribution in [3.8, 4) is 5.75 Å². The molecule has 0 amide bonds. The average molecular weight is 198 g/mol. The lowest BCUT2D eigenvalue weighted by Crippen LogP contribution is -2.13. The van der Waals surface area contributed by atoms with Crippen LogP contribution >= 0.6 is 12.2 Å². The summed E-state index contributed by atoms with van der Waals surface area (Å²) in [5.41, 5.74) is 0.601. The monoisotopic (exact) mass is 198 g/mol. The molecular formula is C8H10N2O2S. The molecule has 1 saturated carbocycles. The third-order valence-corrected chi connectivity index (χ3v) is 2.32. The summed E-state index contributed by atoms with van der Waals surface area (Å²) in [6.07, 6.45) is 2.20. The summed E-state index contributed by atoms with van der Waals surface area (Å²) in [5.74, 6) is 0.801. The maximum absolute atomic E-state index is 11.4. The summed E-state index contributed by atoms with van der Waals surface area (Å²) >= 11 is 4.87. The van der Waals surface area contributed by atoms with Gasteiger partial charge in [-0.2, -0.15) is 0 Å². The predicted molar refractivity (Wildman–Crippen MR) is 50.8 cm³/mol. The molecule has 0 saturated heterocycles. The maximum atomic E-state index is 11.4. The summed E-state index contributed by atoms with van der Waals surface area (Å²) < 4.78 is 5.38. The van der Waals surface area contributed by atoms with E-state index in [-0.39, 0.29) is 5.56 Å². The second-order valence-corrected chi connectivity index (χ2v) is 3.54. The number of hydrogen-bond donors (Lipinski definition) is 2. The van der Waals surface area contributed by atoms with Crippen LogP contribution in [0.3, 0.4) is 0 Å². The number of ether oxygens (including phenoxy) is 1. The van der Waals surface area contributed by atoms with Gasteiger partial charge in [0.15, 0.2) is 4.77 Å². The lowest BCUT2D eigenvalue weighted by molar-refractivity contribution is 0.399. The predicted octanol–water partition coefficient (Wildman–Crippen LogP) is 1.32. The van der Waals surface area contributed by atoms with Crippen molar-refractivity contribution in [1.82, 2.24) is 9.97 Å². The second-order valence-electron chi connectivity index (χ2n) is 3.13. The van der Waals surface area contributed by atoms with Crippen LogP contribution in [0.15, 0.2) is 4.79 Å². The Morgan fingerprint density at radius 3 is 2.69 bits per heavy atom. The zero-order valence-electron chi connectivity index (χ0n) is 7.22. The minimum absolute atomic E-state index is 0.242. The van der Waals surface area contributed by atoms with E-state index in [0.29, 0.717) is 16.4 Å². The Hall–Kier alpha value is -1.10. The number of aromatic nitrogens is 2. The standard InChI is InChI=1S/C8H10N2O2S/c1-12-6-5(4-2-3-4)9-8(13)10-7(6)11/h4H,2-3H2,1H3,(H2,9,10,11,13). The van der Waals surface area contributed by atoms with Gasteiger partial charge in [0.05, 0.1) is 12.8 Å². The van der Waals surface area contributed by atoms with Crippen LogP contribution < -0.4 is 10.3 Å². The number of methoxy groups -OCH3 is 1. The summed E-state index contributed by atoms with van der Waals surface area (Å²) in [4.78, 5) is 16.8. The van der Waals surface area contributed by atoms with Crippen LogP contribution in [0, 0.1) is 4.77 Å². The Balaban J connectivity index is 2.63. The molecule has 2 N–H and O–H groups in total.